The molecule has 3 rings (SSSR count). The molecule has 5 nitrogen and oxygen atoms in total. The average molecular weight is 385 g/mol. The van der Waals surface area contributed by atoms with E-state index < -0.39 is 11.6 Å². The van der Waals surface area contributed by atoms with Crippen molar-refractivity contribution in [1.29, 1.82) is 0 Å². The van der Waals surface area contributed by atoms with Gasteiger partial charge in [-0.25, -0.2) is 9.18 Å². The maximum Gasteiger partial charge on any atom is 0.347 e. The first kappa shape index (κ1) is 19.9. The number of amides is 1. The van der Waals surface area contributed by atoms with Crippen LogP contribution in [0.25, 0.3) is 0 Å². The molecule has 1 heterocycles. The van der Waals surface area contributed by atoms with E-state index in [0.29, 0.717) is 30.3 Å². The van der Waals surface area contributed by atoms with Crippen molar-refractivity contribution in [2.24, 2.45) is 0 Å². The highest BCUT2D eigenvalue weighted by Gasteiger charge is 2.29. The van der Waals surface area contributed by atoms with Gasteiger partial charge in [0, 0.05) is 18.7 Å². The molecule has 1 aliphatic rings. The molecule has 1 amide bonds. The lowest BCUT2D eigenvalue weighted by atomic mass is 9.89. The normalized spacial score (nSPS) is 15.3. The van der Waals surface area contributed by atoms with Crippen molar-refractivity contribution in [3.05, 3.63) is 65.5 Å². The summed E-state index contributed by atoms with van der Waals surface area (Å²) in [5.74, 6) is -0.596. The number of hydrogen-bond donors (Lipinski definition) is 1. The van der Waals surface area contributed by atoms with Crippen LogP contribution in [-0.2, 0) is 4.79 Å². The average Bonchev–Trinajstić information content (AvgIpc) is 2.68. The summed E-state index contributed by atoms with van der Waals surface area (Å²) in [5.41, 5.74) is 0.366. The Morgan fingerprint density at radius 3 is 2.14 bits per heavy atom. The van der Waals surface area contributed by atoms with E-state index in [0.717, 1.165) is 18.4 Å². The minimum Gasteiger partial charge on any atom is -0.478 e. The van der Waals surface area contributed by atoms with Gasteiger partial charge in [-0.05, 0) is 74.6 Å². The Hall–Kier alpha value is -2.89. The van der Waals surface area contributed by atoms with E-state index in [9.17, 15) is 14.0 Å². The molecule has 1 fully saturated rings. The van der Waals surface area contributed by atoms with Crippen molar-refractivity contribution in [3.8, 4) is 5.75 Å². The number of ether oxygens (including phenoxy) is 1. The van der Waals surface area contributed by atoms with E-state index in [2.05, 4.69) is 0 Å². The molecule has 1 aliphatic heterocycles. The molecule has 1 N–H and O–H groups in total. The second-order valence-electron chi connectivity index (χ2n) is 7.56. The molecule has 6 heteroatoms. The third kappa shape index (κ3) is 4.50. The fraction of sp³-hybridized carbons (Fsp3) is 0.364. The zero-order valence-corrected chi connectivity index (χ0v) is 16.0. The van der Waals surface area contributed by atoms with Crippen LogP contribution in [0.4, 0.5) is 4.39 Å². The minimum absolute atomic E-state index is 0.0712. The fourth-order valence-electron chi connectivity index (χ4n) is 3.34. The van der Waals surface area contributed by atoms with Crippen LogP contribution in [0, 0.1) is 5.82 Å². The molecular formula is C22H24FNO4. The predicted molar refractivity (Wildman–Crippen MR) is 103 cm³/mol. The van der Waals surface area contributed by atoms with Gasteiger partial charge in [0.25, 0.3) is 5.91 Å². The number of piperidine rings is 1. The summed E-state index contributed by atoms with van der Waals surface area (Å²) in [4.78, 5) is 25.5. The summed E-state index contributed by atoms with van der Waals surface area (Å²) in [5, 5.41) is 9.15. The summed E-state index contributed by atoms with van der Waals surface area (Å²) in [6.45, 7) is 4.31. The van der Waals surface area contributed by atoms with Crippen molar-refractivity contribution >= 4 is 11.9 Å². The highest BCUT2D eigenvalue weighted by molar-refractivity contribution is 5.94. The van der Waals surface area contributed by atoms with Gasteiger partial charge >= 0.3 is 5.97 Å². The van der Waals surface area contributed by atoms with Crippen LogP contribution in [0.3, 0.4) is 0 Å². The van der Waals surface area contributed by atoms with E-state index in [-0.39, 0.29) is 11.7 Å². The van der Waals surface area contributed by atoms with Gasteiger partial charge in [0.2, 0.25) is 0 Å². The number of carboxylic acid groups (broad SMARTS) is 1. The Bertz CT molecular complexity index is 838. The van der Waals surface area contributed by atoms with Crippen molar-refractivity contribution in [3.63, 3.8) is 0 Å². The molecule has 0 aromatic heterocycles. The zero-order valence-electron chi connectivity index (χ0n) is 16.0. The van der Waals surface area contributed by atoms with Gasteiger partial charge in [0.1, 0.15) is 11.6 Å². The van der Waals surface area contributed by atoms with E-state index in [1.165, 1.54) is 38.1 Å². The quantitative estimate of drug-likeness (QED) is 0.842. The number of halogens is 1. The minimum atomic E-state index is -1.28. The number of rotatable bonds is 5. The van der Waals surface area contributed by atoms with Crippen LogP contribution in [0.15, 0.2) is 48.5 Å². The smallest absolute Gasteiger partial charge is 0.347 e. The molecule has 148 valence electrons. The van der Waals surface area contributed by atoms with Gasteiger partial charge in [0.05, 0.1) is 0 Å². The molecule has 2 aromatic carbocycles. The number of likely N-dealkylation sites (tertiary alicyclic amines) is 1. The maximum atomic E-state index is 13.0. The van der Waals surface area contributed by atoms with Gasteiger partial charge in [-0.2, -0.15) is 0 Å². The predicted octanol–water partition coefficient (Wildman–Crippen LogP) is 4.09. The van der Waals surface area contributed by atoms with Crippen LogP contribution in [-0.4, -0.2) is 40.6 Å². The molecule has 1 saturated heterocycles. The van der Waals surface area contributed by atoms with Crippen molar-refractivity contribution in [2.45, 2.75) is 38.2 Å². The first-order chi connectivity index (χ1) is 13.3. The van der Waals surface area contributed by atoms with Crippen LogP contribution in [0.1, 0.15) is 48.5 Å². The van der Waals surface area contributed by atoms with Crippen molar-refractivity contribution < 1.29 is 23.8 Å². The number of carboxylic acids is 1. The lowest BCUT2D eigenvalue weighted by Crippen LogP contribution is -2.38. The third-order valence-electron chi connectivity index (χ3n) is 5.11. The van der Waals surface area contributed by atoms with Gasteiger partial charge in [-0.1, -0.05) is 12.1 Å². The highest BCUT2D eigenvalue weighted by Crippen LogP contribution is 2.30. The van der Waals surface area contributed by atoms with Gasteiger partial charge in [-0.3, -0.25) is 4.79 Å². The molecule has 0 bridgehead atoms. The van der Waals surface area contributed by atoms with Crippen molar-refractivity contribution in [2.75, 3.05) is 13.1 Å². The first-order valence-electron chi connectivity index (χ1n) is 9.33. The standard InChI is InChI=1S/C22H24FNO4/c1-22(2,21(26)27)28-19-9-5-15(6-10-19)16-11-13-24(14-12-16)20(25)17-3-7-18(23)8-4-17/h3-10,16H,11-14H2,1-2H3,(H,26,27). The summed E-state index contributed by atoms with van der Waals surface area (Å²) in [6, 6.07) is 13.1. The molecule has 0 spiro atoms. The van der Waals surface area contributed by atoms with Crippen LogP contribution in [0.2, 0.25) is 0 Å². The number of nitrogens with zero attached hydrogens (tertiary/aromatic N) is 1. The Morgan fingerprint density at radius 1 is 1.04 bits per heavy atom. The summed E-state index contributed by atoms with van der Waals surface area (Å²) in [7, 11) is 0. The second kappa shape index (κ2) is 8.00. The first-order valence-corrected chi connectivity index (χ1v) is 9.33. The lowest BCUT2D eigenvalue weighted by Gasteiger charge is -2.32. The van der Waals surface area contributed by atoms with E-state index in [4.69, 9.17) is 9.84 Å². The Labute approximate surface area is 163 Å². The Balaban J connectivity index is 1.58. The number of carbonyl (C=O) groups excluding carboxylic acids is 1. The monoisotopic (exact) mass is 385 g/mol. The van der Waals surface area contributed by atoms with E-state index in [1.54, 1.807) is 17.0 Å². The lowest BCUT2D eigenvalue weighted by molar-refractivity contribution is -0.152. The highest BCUT2D eigenvalue weighted by atomic mass is 19.1. The molecule has 0 atom stereocenters. The maximum absolute atomic E-state index is 13.0. The Kier molecular flexibility index (Phi) is 5.68. The number of hydrogen-bond acceptors (Lipinski definition) is 3. The van der Waals surface area contributed by atoms with Gasteiger partial charge in [-0.15, -0.1) is 0 Å². The molecule has 0 radical (unpaired) electrons. The number of carbonyl (C=O) groups is 2. The molecule has 0 unspecified atom stereocenters. The van der Waals surface area contributed by atoms with Crippen LogP contribution < -0.4 is 4.74 Å². The molecule has 2 aromatic rings. The SMILES string of the molecule is CC(C)(Oc1ccc(C2CCN(C(=O)c3ccc(F)cc3)CC2)cc1)C(=O)O. The molecular weight excluding hydrogens is 361 g/mol. The topological polar surface area (TPSA) is 66.8 Å². The van der Waals surface area contributed by atoms with E-state index >= 15 is 0 Å². The zero-order chi connectivity index (χ0) is 20.3. The Morgan fingerprint density at radius 2 is 1.61 bits per heavy atom. The van der Waals surface area contributed by atoms with Gasteiger partial charge in [0.15, 0.2) is 5.60 Å². The number of aliphatic carboxylic acids is 1. The molecule has 0 aliphatic carbocycles. The van der Waals surface area contributed by atoms with Crippen LogP contribution >= 0.6 is 0 Å². The second-order valence-corrected chi connectivity index (χ2v) is 7.56. The molecule has 28 heavy (non-hydrogen) atoms. The summed E-state index contributed by atoms with van der Waals surface area (Å²) in [6.07, 6.45) is 1.68. The third-order valence-corrected chi connectivity index (χ3v) is 5.11. The largest absolute Gasteiger partial charge is 0.478 e. The van der Waals surface area contributed by atoms with Crippen LogP contribution in [0.5, 0.6) is 5.75 Å². The molecule has 0 saturated carbocycles. The van der Waals surface area contributed by atoms with Crippen molar-refractivity contribution in [1.82, 2.24) is 4.90 Å². The fourth-order valence-corrected chi connectivity index (χ4v) is 3.34. The number of benzene rings is 2. The van der Waals surface area contributed by atoms with Gasteiger partial charge < -0.3 is 14.7 Å². The summed E-state index contributed by atoms with van der Waals surface area (Å²) < 4.78 is 18.6. The van der Waals surface area contributed by atoms with E-state index in [1.807, 2.05) is 12.1 Å². The summed E-state index contributed by atoms with van der Waals surface area (Å²) >= 11 is 0.